The van der Waals surface area contributed by atoms with Crippen LogP contribution in [0.4, 0.5) is 5.69 Å². The topological polar surface area (TPSA) is 97.6 Å². The van der Waals surface area contributed by atoms with Crippen LogP contribution in [0.5, 0.6) is 5.75 Å². The van der Waals surface area contributed by atoms with E-state index in [0.29, 0.717) is 47.6 Å². The number of nitrogens with zero attached hydrogens (tertiary/aromatic N) is 3. The van der Waals surface area contributed by atoms with E-state index >= 15 is 0 Å². The standard InChI is InChI=1S/C22H28N4O4S/c1-5-26(6-2)31(27,28)20-14-18(11-8-16(20)4)23-15-21-24-22(25-30-21)17-9-12-19(13-10-17)29-7-3/h8-14,23H,5-7,15H2,1-4H3. The molecule has 31 heavy (non-hydrogen) atoms. The van der Waals surface area contributed by atoms with Gasteiger partial charge in [-0.05, 0) is 55.8 Å². The Balaban J connectivity index is 1.72. The number of ether oxygens (including phenoxy) is 1. The molecule has 0 aliphatic heterocycles. The van der Waals surface area contributed by atoms with Crippen molar-refractivity contribution in [2.75, 3.05) is 25.0 Å². The Labute approximate surface area is 183 Å². The van der Waals surface area contributed by atoms with Crippen LogP contribution in [0.3, 0.4) is 0 Å². The second-order valence-electron chi connectivity index (χ2n) is 6.89. The van der Waals surface area contributed by atoms with Gasteiger partial charge in [-0.25, -0.2) is 8.42 Å². The van der Waals surface area contributed by atoms with Gasteiger partial charge in [0.15, 0.2) is 0 Å². The van der Waals surface area contributed by atoms with Crippen molar-refractivity contribution < 1.29 is 17.7 Å². The first-order valence-electron chi connectivity index (χ1n) is 10.3. The Morgan fingerprint density at radius 1 is 1.06 bits per heavy atom. The van der Waals surface area contributed by atoms with E-state index in [9.17, 15) is 8.42 Å². The van der Waals surface area contributed by atoms with Crippen LogP contribution in [0.2, 0.25) is 0 Å². The lowest BCUT2D eigenvalue weighted by Crippen LogP contribution is -2.31. The molecular formula is C22H28N4O4S. The Kier molecular flexibility index (Phi) is 7.29. The van der Waals surface area contributed by atoms with Crippen molar-refractivity contribution in [1.82, 2.24) is 14.4 Å². The summed E-state index contributed by atoms with van der Waals surface area (Å²) in [6.45, 7) is 9.11. The van der Waals surface area contributed by atoms with Crippen LogP contribution in [0.25, 0.3) is 11.4 Å². The van der Waals surface area contributed by atoms with Crippen molar-refractivity contribution in [3.8, 4) is 17.1 Å². The third-order valence-electron chi connectivity index (χ3n) is 4.85. The highest BCUT2D eigenvalue weighted by Crippen LogP contribution is 2.24. The van der Waals surface area contributed by atoms with Crippen molar-refractivity contribution in [1.29, 1.82) is 0 Å². The summed E-state index contributed by atoms with van der Waals surface area (Å²) in [5, 5.41) is 7.19. The zero-order valence-corrected chi connectivity index (χ0v) is 19.1. The zero-order chi connectivity index (χ0) is 22.4. The summed E-state index contributed by atoms with van der Waals surface area (Å²) in [4.78, 5) is 4.70. The molecular weight excluding hydrogens is 416 g/mol. The molecule has 0 unspecified atom stereocenters. The molecule has 0 atom stereocenters. The van der Waals surface area contributed by atoms with Gasteiger partial charge in [-0.1, -0.05) is 25.1 Å². The van der Waals surface area contributed by atoms with Gasteiger partial charge in [-0.15, -0.1) is 0 Å². The predicted molar refractivity (Wildman–Crippen MR) is 120 cm³/mol. The Morgan fingerprint density at radius 3 is 2.42 bits per heavy atom. The molecule has 2 aromatic carbocycles. The van der Waals surface area contributed by atoms with Gasteiger partial charge >= 0.3 is 0 Å². The fourth-order valence-corrected chi connectivity index (χ4v) is 4.89. The van der Waals surface area contributed by atoms with Crippen molar-refractivity contribution in [3.05, 3.63) is 53.9 Å². The lowest BCUT2D eigenvalue weighted by Gasteiger charge is -2.20. The highest BCUT2D eigenvalue weighted by atomic mass is 32.2. The van der Waals surface area contributed by atoms with Crippen LogP contribution in [0.1, 0.15) is 32.2 Å². The van der Waals surface area contributed by atoms with E-state index in [0.717, 1.165) is 11.3 Å². The minimum absolute atomic E-state index is 0.276. The van der Waals surface area contributed by atoms with Crippen molar-refractivity contribution in [3.63, 3.8) is 0 Å². The average Bonchev–Trinajstić information content (AvgIpc) is 3.23. The molecule has 0 saturated carbocycles. The quantitative estimate of drug-likeness (QED) is 0.503. The maximum absolute atomic E-state index is 12.9. The summed E-state index contributed by atoms with van der Waals surface area (Å²) < 4.78 is 38.0. The van der Waals surface area contributed by atoms with Gasteiger partial charge in [-0.2, -0.15) is 9.29 Å². The molecule has 0 spiro atoms. The maximum atomic E-state index is 12.9. The highest BCUT2D eigenvalue weighted by Gasteiger charge is 2.23. The number of rotatable bonds is 10. The van der Waals surface area contributed by atoms with Crippen LogP contribution < -0.4 is 10.1 Å². The highest BCUT2D eigenvalue weighted by molar-refractivity contribution is 7.89. The molecule has 0 saturated heterocycles. The van der Waals surface area contributed by atoms with Gasteiger partial charge in [-0.3, -0.25) is 0 Å². The number of nitrogens with one attached hydrogen (secondary N) is 1. The minimum atomic E-state index is -3.55. The summed E-state index contributed by atoms with van der Waals surface area (Å²) in [6, 6.07) is 12.7. The molecule has 1 heterocycles. The summed E-state index contributed by atoms with van der Waals surface area (Å²) in [7, 11) is -3.55. The molecule has 0 fully saturated rings. The van der Waals surface area contributed by atoms with Crippen LogP contribution >= 0.6 is 0 Å². The van der Waals surface area contributed by atoms with Gasteiger partial charge in [0.2, 0.25) is 21.7 Å². The molecule has 166 valence electrons. The van der Waals surface area contributed by atoms with Gasteiger partial charge in [0.1, 0.15) is 5.75 Å². The van der Waals surface area contributed by atoms with E-state index in [4.69, 9.17) is 9.26 Å². The van der Waals surface area contributed by atoms with Crippen molar-refractivity contribution >= 4 is 15.7 Å². The number of anilines is 1. The number of benzene rings is 2. The van der Waals surface area contributed by atoms with Crippen LogP contribution in [-0.4, -0.2) is 42.6 Å². The van der Waals surface area contributed by atoms with E-state index in [-0.39, 0.29) is 6.54 Å². The number of hydrogen-bond donors (Lipinski definition) is 1. The molecule has 3 aromatic rings. The Hall–Kier alpha value is -2.91. The van der Waals surface area contributed by atoms with Crippen LogP contribution in [0.15, 0.2) is 51.9 Å². The van der Waals surface area contributed by atoms with Gasteiger partial charge in [0.05, 0.1) is 18.0 Å². The second-order valence-corrected chi connectivity index (χ2v) is 8.80. The molecule has 0 bridgehead atoms. The van der Waals surface area contributed by atoms with E-state index in [1.807, 2.05) is 51.1 Å². The maximum Gasteiger partial charge on any atom is 0.246 e. The summed E-state index contributed by atoms with van der Waals surface area (Å²) in [6.07, 6.45) is 0. The molecule has 9 heteroatoms. The average molecular weight is 445 g/mol. The predicted octanol–water partition coefficient (Wildman–Crippen LogP) is 4.09. The summed E-state index contributed by atoms with van der Waals surface area (Å²) >= 11 is 0. The first-order chi connectivity index (χ1) is 14.9. The lowest BCUT2D eigenvalue weighted by molar-refractivity contribution is 0.340. The number of hydrogen-bond acceptors (Lipinski definition) is 7. The lowest BCUT2D eigenvalue weighted by atomic mass is 10.2. The number of aromatic nitrogens is 2. The fourth-order valence-electron chi connectivity index (χ4n) is 3.18. The first-order valence-corrected chi connectivity index (χ1v) is 11.7. The van der Waals surface area contributed by atoms with Crippen molar-refractivity contribution in [2.45, 2.75) is 39.1 Å². The van der Waals surface area contributed by atoms with Gasteiger partial charge in [0.25, 0.3) is 0 Å². The summed E-state index contributed by atoms with van der Waals surface area (Å²) in [5.74, 6) is 1.66. The van der Waals surface area contributed by atoms with Gasteiger partial charge in [0, 0.05) is 24.3 Å². The SMILES string of the molecule is CCOc1ccc(-c2noc(CNc3ccc(C)c(S(=O)(=O)N(CC)CC)c3)n2)cc1. The third kappa shape index (κ3) is 5.23. The molecule has 0 aliphatic rings. The zero-order valence-electron chi connectivity index (χ0n) is 18.3. The number of aryl methyl sites for hydroxylation is 1. The van der Waals surface area contributed by atoms with E-state index in [2.05, 4.69) is 15.5 Å². The van der Waals surface area contributed by atoms with E-state index < -0.39 is 10.0 Å². The summed E-state index contributed by atoms with van der Waals surface area (Å²) in [5.41, 5.74) is 2.19. The molecule has 0 amide bonds. The Bertz CT molecular complexity index is 1110. The molecule has 8 nitrogen and oxygen atoms in total. The third-order valence-corrected chi connectivity index (χ3v) is 7.04. The monoisotopic (exact) mass is 444 g/mol. The Morgan fingerprint density at radius 2 is 1.77 bits per heavy atom. The second kappa shape index (κ2) is 9.93. The fraction of sp³-hybridized carbons (Fsp3) is 0.364. The van der Waals surface area contributed by atoms with Crippen LogP contribution in [0, 0.1) is 6.92 Å². The number of sulfonamides is 1. The van der Waals surface area contributed by atoms with E-state index in [1.165, 1.54) is 4.31 Å². The molecule has 0 radical (unpaired) electrons. The van der Waals surface area contributed by atoms with Crippen LogP contribution in [-0.2, 0) is 16.6 Å². The largest absolute Gasteiger partial charge is 0.494 e. The minimum Gasteiger partial charge on any atom is -0.494 e. The molecule has 3 rings (SSSR count). The normalized spacial score (nSPS) is 11.6. The van der Waals surface area contributed by atoms with Crippen molar-refractivity contribution in [2.24, 2.45) is 0 Å². The smallest absolute Gasteiger partial charge is 0.246 e. The van der Waals surface area contributed by atoms with E-state index in [1.54, 1.807) is 19.1 Å². The molecule has 1 N–H and O–H groups in total. The molecule has 0 aliphatic carbocycles. The first kappa shape index (κ1) is 22.8. The van der Waals surface area contributed by atoms with Gasteiger partial charge < -0.3 is 14.6 Å². The molecule has 1 aromatic heterocycles.